The molecule has 4 N–H and O–H groups in total. The fourth-order valence-corrected chi connectivity index (χ4v) is 1.91. The number of nitrogens with two attached hydrogens (primary N) is 1. The third-order valence-electron chi connectivity index (χ3n) is 3.33. The van der Waals surface area contributed by atoms with E-state index in [4.69, 9.17) is 10.9 Å². The number of rotatable bonds is 5. The molecule has 5 nitrogen and oxygen atoms in total. The van der Waals surface area contributed by atoms with E-state index in [2.05, 4.69) is 10.5 Å². The quantitative estimate of drug-likeness (QED) is 0.334. The molecular formula is C13H17F2N3O2. The highest BCUT2D eigenvalue weighted by atomic mass is 19.1. The Bertz CT molecular complexity index is 528. The molecule has 0 spiro atoms. The summed E-state index contributed by atoms with van der Waals surface area (Å²) in [7, 11) is 0. The summed E-state index contributed by atoms with van der Waals surface area (Å²) in [5.41, 5.74) is 4.21. The van der Waals surface area contributed by atoms with Gasteiger partial charge >= 0.3 is 0 Å². The van der Waals surface area contributed by atoms with Crippen molar-refractivity contribution in [2.24, 2.45) is 10.9 Å². The van der Waals surface area contributed by atoms with Gasteiger partial charge in [-0.25, -0.2) is 8.78 Å². The molecule has 0 bridgehead atoms. The van der Waals surface area contributed by atoms with Crippen LogP contribution in [0.1, 0.15) is 37.0 Å². The van der Waals surface area contributed by atoms with Crippen molar-refractivity contribution in [1.82, 2.24) is 5.32 Å². The molecule has 20 heavy (non-hydrogen) atoms. The smallest absolute Gasteiger partial charge is 0.255 e. The number of amidine groups is 1. The molecule has 1 rings (SSSR count). The zero-order chi connectivity index (χ0) is 15.3. The van der Waals surface area contributed by atoms with Crippen LogP contribution in [0.4, 0.5) is 8.78 Å². The minimum Gasteiger partial charge on any atom is -0.409 e. The van der Waals surface area contributed by atoms with Gasteiger partial charge < -0.3 is 16.3 Å². The van der Waals surface area contributed by atoms with Crippen molar-refractivity contribution in [3.05, 3.63) is 35.4 Å². The summed E-state index contributed by atoms with van der Waals surface area (Å²) in [5, 5.41) is 14.2. The average Bonchev–Trinajstić information content (AvgIpc) is 2.43. The van der Waals surface area contributed by atoms with Gasteiger partial charge in [-0.3, -0.25) is 4.79 Å². The Kier molecular flexibility index (Phi) is 5.01. The second-order valence-electron chi connectivity index (χ2n) is 4.35. The van der Waals surface area contributed by atoms with Gasteiger partial charge in [-0.05, 0) is 25.0 Å². The molecule has 1 amide bonds. The van der Waals surface area contributed by atoms with E-state index in [-0.39, 0.29) is 11.4 Å². The summed E-state index contributed by atoms with van der Waals surface area (Å²) < 4.78 is 26.4. The minimum atomic E-state index is -1.08. The lowest BCUT2D eigenvalue weighted by Crippen LogP contribution is -2.57. The second-order valence-corrected chi connectivity index (χ2v) is 4.35. The molecule has 1 aromatic carbocycles. The molecule has 110 valence electrons. The second kappa shape index (κ2) is 6.31. The largest absolute Gasteiger partial charge is 0.409 e. The van der Waals surface area contributed by atoms with Gasteiger partial charge in [0.15, 0.2) is 5.84 Å². The Balaban J connectivity index is 3.09. The van der Waals surface area contributed by atoms with Crippen LogP contribution in [0.2, 0.25) is 0 Å². The number of nitrogens with one attached hydrogen (secondary N) is 1. The van der Waals surface area contributed by atoms with Crippen LogP contribution in [0.25, 0.3) is 0 Å². The van der Waals surface area contributed by atoms with Gasteiger partial charge in [0, 0.05) is 6.07 Å². The molecule has 7 heteroatoms. The van der Waals surface area contributed by atoms with E-state index in [0.29, 0.717) is 18.9 Å². The predicted octanol–water partition coefficient (Wildman–Crippen LogP) is 2.00. The van der Waals surface area contributed by atoms with Crippen LogP contribution in [0.3, 0.4) is 0 Å². The number of hydrogen-bond donors (Lipinski definition) is 3. The summed E-state index contributed by atoms with van der Waals surface area (Å²) in [6, 6.07) is 2.65. The predicted molar refractivity (Wildman–Crippen MR) is 70.5 cm³/mol. The highest BCUT2D eigenvalue weighted by molar-refractivity contribution is 6.00. The van der Waals surface area contributed by atoms with Crippen molar-refractivity contribution in [3.8, 4) is 0 Å². The number of hydrogen-bond acceptors (Lipinski definition) is 3. The molecule has 0 unspecified atom stereocenters. The van der Waals surface area contributed by atoms with Crippen LogP contribution in [0, 0.1) is 11.6 Å². The molecule has 0 saturated carbocycles. The van der Waals surface area contributed by atoms with Gasteiger partial charge in [-0.2, -0.15) is 0 Å². The lowest BCUT2D eigenvalue weighted by Gasteiger charge is -2.31. The van der Waals surface area contributed by atoms with Crippen molar-refractivity contribution >= 4 is 11.7 Å². The van der Waals surface area contributed by atoms with Crippen LogP contribution in [-0.2, 0) is 0 Å². The lowest BCUT2D eigenvalue weighted by molar-refractivity contribution is 0.0913. The van der Waals surface area contributed by atoms with E-state index in [1.807, 2.05) is 0 Å². The van der Waals surface area contributed by atoms with E-state index in [1.165, 1.54) is 0 Å². The molecule has 0 heterocycles. The maximum absolute atomic E-state index is 13.6. The van der Waals surface area contributed by atoms with Crippen molar-refractivity contribution < 1.29 is 18.8 Å². The van der Waals surface area contributed by atoms with Crippen molar-refractivity contribution in [1.29, 1.82) is 0 Å². The Labute approximate surface area is 115 Å². The molecule has 0 aliphatic carbocycles. The van der Waals surface area contributed by atoms with E-state index in [9.17, 15) is 13.6 Å². The van der Waals surface area contributed by atoms with Gasteiger partial charge in [0.25, 0.3) is 5.91 Å². The molecule has 0 fully saturated rings. The lowest BCUT2D eigenvalue weighted by atomic mass is 9.91. The topological polar surface area (TPSA) is 87.7 Å². The number of amides is 1. The van der Waals surface area contributed by atoms with E-state index in [1.54, 1.807) is 13.8 Å². The number of oxime groups is 1. The third kappa shape index (κ3) is 3.04. The molecule has 0 atom stereocenters. The number of carbonyl (C=O) groups excluding carboxylic acids is 1. The molecule has 0 saturated heterocycles. The Morgan fingerprint density at radius 3 is 2.45 bits per heavy atom. The summed E-state index contributed by atoms with van der Waals surface area (Å²) in [6.45, 7) is 3.48. The summed E-state index contributed by atoms with van der Waals surface area (Å²) >= 11 is 0. The molecule has 0 aliphatic heterocycles. The summed E-state index contributed by atoms with van der Waals surface area (Å²) in [4.78, 5) is 12.1. The van der Waals surface area contributed by atoms with Crippen molar-refractivity contribution in [3.63, 3.8) is 0 Å². The van der Waals surface area contributed by atoms with Gasteiger partial charge in [0.1, 0.15) is 17.2 Å². The molecule has 0 aromatic heterocycles. The van der Waals surface area contributed by atoms with Crippen LogP contribution in [-0.4, -0.2) is 22.5 Å². The van der Waals surface area contributed by atoms with Crippen molar-refractivity contribution in [2.75, 3.05) is 0 Å². The van der Waals surface area contributed by atoms with Crippen LogP contribution in [0.15, 0.2) is 23.4 Å². The zero-order valence-corrected chi connectivity index (χ0v) is 11.3. The Morgan fingerprint density at radius 1 is 1.40 bits per heavy atom. The standard InChI is InChI=1S/C13H17F2N3O2/c1-3-13(4-2,12(16)18-20)17-11(19)9-6-5-8(14)7-10(9)15/h5-7,20H,3-4H2,1-2H3,(H2,16,18)(H,17,19). The first-order chi connectivity index (χ1) is 9.40. The number of halogens is 2. The first-order valence-electron chi connectivity index (χ1n) is 6.15. The molecule has 0 radical (unpaired) electrons. The third-order valence-corrected chi connectivity index (χ3v) is 3.33. The van der Waals surface area contributed by atoms with Crippen LogP contribution >= 0.6 is 0 Å². The average molecular weight is 285 g/mol. The SMILES string of the molecule is CCC(CC)(NC(=O)c1ccc(F)cc1F)/C(N)=N/O. The first-order valence-corrected chi connectivity index (χ1v) is 6.15. The molecule has 0 aliphatic rings. The number of nitrogens with zero attached hydrogens (tertiary/aromatic N) is 1. The van der Waals surface area contributed by atoms with E-state index < -0.39 is 23.1 Å². The molecular weight excluding hydrogens is 268 g/mol. The minimum absolute atomic E-state index is 0.168. The fourth-order valence-electron chi connectivity index (χ4n) is 1.91. The number of carbonyl (C=O) groups is 1. The van der Waals surface area contributed by atoms with Crippen LogP contribution in [0.5, 0.6) is 0 Å². The summed E-state index contributed by atoms with van der Waals surface area (Å²) in [6.07, 6.45) is 0.710. The molecule has 1 aromatic rings. The van der Waals surface area contributed by atoms with Gasteiger partial charge in [0.05, 0.1) is 5.56 Å². The normalized spacial score (nSPS) is 12.3. The number of benzene rings is 1. The highest BCUT2D eigenvalue weighted by Crippen LogP contribution is 2.18. The van der Waals surface area contributed by atoms with Gasteiger partial charge in [-0.1, -0.05) is 19.0 Å². The van der Waals surface area contributed by atoms with E-state index >= 15 is 0 Å². The fraction of sp³-hybridized carbons (Fsp3) is 0.385. The van der Waals surface area contributed by atoms with E-state index in [0.717, 1.165) is 12.1 Å². The van der Waals surface area contributed by atoms with Crippen LogP contribution < -0.4 is 11.1 Å². The Morgan fingerprint density at radius 2 is 2.00 bits per heavy atom. The highest BCUT2D eigenvalue weighted by Gasteiger charge is 2.34. The summed E-state index contributed by atoms with van der Waals surface area (Å²) in [5.74, 6) is -2.66. The first kappa shape index (κ1) is 15.9. The maximum atomic E-state index is 13.6. The monoisotopic (exact) mass is 285 g/mol. The zero-order valence-electron chi connectivity index (χ0n) is 11.3. The Hall–Kier alpha value is -2.18. The van der Waals surface area contributed by atoms with Crippen molar-refractivity contribution in [2.45, 2.75) is 32.2 Å². The van der Waals surface area contributed by atoms with Gasteiger partial charge in [-0.15, -0.1) is 0 Å². The maximum Gasteiger partial charge on any atom is 0.255 e. The van der Waals surface area contributed by atoms with Gasteiger partial charge in [0.2, 0.25) is 0 Å².